The second-order valence-electron chi connectivity index (χ2n) is 5.91. The molecule has 0 saturated heterocycles. The lowest BCUT2D eigenvalue weighted by molar-refractivity contribution is 0.191. The zero-order valence-electron chi connectivity index (χ0n) is 14.1. The molecule has 0 radical (unpaired) electrons. The Labute approximate surface area is 141 Å². The van der Waals surface area contributed by atoms with E-state index in [0.29, 0.717) is 18.2 Å². The molecular formula is C18H21N5O. The van der Waals surface area contributed by atoms with Crippen LogP contribution in [0.15, 0.2) is 42.7 Å². The third kappa shape index (κ3) is 3.60. The van der Waals surface area contributed by atoms with Crippen molar-refractivity contribution in [2.45, 2.75) is 26.9 Å². The normalized spacial score (nSPS) is 12.2. The van der Waals surface area contributed by atoms with Crippen LogP contribution in [0.1, 0.15) is 28.6 Å². The van der Waals surface area contributed by atoms with E-state index in [2.05, 4.69) is 20.4 Å². The van der Waals surface area contributed by atoms with Crippen LogP contribution < -0.4 is 5.32 Å². The van der Waals surface area contributed by atoms with Gasteiger partial charge in [0.1, 0.15) is 5.82 Å². The number of aromatic nitrogens is 4. The van der Waals surface area contributed by atoms with Crippen LogP contribution in [-0.2, 0) is 0 Å². The number of aryl methyl sites for hydroxylation is 3. The van der Waals surface area contributed by atoms with Gasteiger partial charge in [0.25, 0.3) is 0 Å². The van der Waals surface area contributed by atoms with Gasteiger partial charge in [-0.05, 0) is 32.4 Å². The zero-order valence-corrected chi connectivity index (χ0v) is 14.1. The number of nitrogens with one attached hydrogen (secondary N) is 1. The molecule has 2 aromatic heterocycles. The van der Waals surface area contributed by atoms with Crippen LogP contribution in [0.5, 0.6) is 0 Å². The Kier molecular flexibility index (Phi) is 4.57. The van der Waals surface area contributed by atoms with Gasteiger partial charge in [-0.1, -0.05) is 29.8 Å². The first-order chi connectivity index (χ1) is 11.5. The lowest BCUT2D eigenvalue weighted by atomic mass is 10.1. The fraction of sp³-hybridized carbons (Fsp3) is 0.278. The van der Waals surface area contributed by atoms with Gasteiger partial charge in [-0.3, -0.25) is 4.98 Å². The van der Waals surface area contributed by atoms with Crippen molar-refractivity contribution >= 4 is 5.82 Å². The van der Waals surface area contributed by atoms with E-state index in [4.69, 9.17) is 0 Å². The molecule has 0 bridgehead atoms. The molecule has 1 atom stereocenters. The van der Waals surface area contributed by atoms with Crippen molar-refractivity contribution in [3.63, 3.8) is 0 Å². The predicted octanol–water partition coefficient (Wildman–Crippen LogP) is 2.73. The smallest absolute Gasteiger partial charge is 0.174 e. The summed E-state index contributed by atoms with van der Waals surface area (Å²) in [5, 5.41) is 17.8. The summed E-state index contributed by atoms with van der Waals surface area (Å²) in [7, 11) is 0. The van der Waals surface area contributed by atoms with Gasteiger partial charge in [-0.2, -0.15) is 5.10 Å². The van der Waals surface area contributed by atoms with Crippen molar-refractivity contribution in [2.75, 3.05) is 11.9 Å². The van der Waals surface area contributed by atoms with Crippen molar-refractivity contribution in [2.24, 2.45) is 0 Å². The molecule has 0 fully saturated rings. The minimum atomic E-state index is -0.607. The summed E-state index contributed by atoms with van der Waals surface area (Å²) in [6.07, 6.45) is 2.70. The molecule has 0 aliphatic rings. The molecule has 1 unspecified atom stereocenters. The first-order valence-electron chi connectivity index (χ1n) is 7.87. The lowest BCUT2D eigenvalue weighted by Gasteiger charge is -2.13. The van der Waals surface area contributed by atoms with Gasteiger partial charge in [0.2, 0.25) is 0 Å². The molecule has 0 amide bonds. The summed E-state index contributed by atoms with van der Waals surface area (Å²) in [5.74, 6) is 1.25. The molecule has 0 saturated carbocycles. The Bertz CT molecular complexity index is 826. The van der Waals surface area contributed by atoms with E-state index in [9.17, 15) is 5.11 Å². The summed E-state index contributed by atoms with van der Waals surface area (Å²) >= 11 is 0. The van der Waals surface area contributed by atoms with Crippen LogP contribution in [-0.4, -0.2) is 31.4 Å². The number of nitrogens with zero attached hydrogens (tertiary/aromatic N) is 4. The number of aliphatic hydroxyl groups is 1. The number of hydrogen-bond donors (Lipinski definition) is 2. The van der Waals surface area contributed by atoms with E-state index in [1.807, 2.05) is 51.1 Å². The Morgan fingerprint density at radius 2 is 1.88 bits per heavy atom. The fourth-order valence-electron chi connectivity index (χ4n) is 2.51. The highest BCUT2D eigenvalue weighted by Crippen LogP contribution is 2.15. The molecule has 6 nitrogen and oxygen atoms in total. The Balaban J connectivity index is 1.71. The Morgan fingerprint density at radius 3 is 2.54 bits per heavy atom. The topological polar surface area (TPSA) is 75.9 Å². The van der Waals surface area contributed by atoms with Crippen molar-refractivity contribution in [1.29, 1.82) is 0 Å². The minimum absolute atomic E-state index is 0.359. The second-order valence-corrected chi connectivity index (χ2v) is 5.91. The SMILES string of the molecule is Cc1ccc(C(O)CNc2cncc(-n3nc(C)cc3C)n2)cc1. The summed E-state index contributed by atoms with van der Waals surface area (Å²) in [4.78, 5) is 8.72. The first kappa shape index (κ1) is 16.1. The molecule has 24 heavy (non-hydrogen) atoms. The summed E-state index contributed by atoms with van der Waals surface area (Å²) in [5.41, 5.74) is 3.97. The predicted molar refractivity (Wildman–Crippen MR) is 93.3 cm³/mol. The van der Waals surface area contributed by atoms with E-state index in [-0.39, 0.29) is 0 Å². The minimum Gasteiger partial charge on any atom is -0.387 e. The van der Waals surface area contributed by atoms with Gasteiger partial charge < -0.3 is 10.4 Å². The largest absolute Gasteiger partial charge is 0.387 e. The highest BCUT2D eigenvalue weighted by Gasteiger charge is 2.09. The van der Waals surface area contributed by atoms with Crippen molar-refractivity contribution in [3.8, 4) is 5.82 Å². The zero-order chi connectivity index (χ0) is 17.1. The Hall–Kier alpha value is -2.73. The maximum absolute atomic E-state index is 10.3. The molecule has 0 aliphatic carbocycles. The molecule has 2 N–H and O–H groups in total. The monoisotopic (exact) mass is 323 g/mol. The van der Waals surface area contributed by atoms with Crippen molar-refractivity contribution in [1.82, 2.24) is 19.7 Å². The molecular weight excluding hydrogens is 302 g/mol. The summed E-state index contributed by atoms with van der Waals surface area (Å²) in [6, 6.07) is 9.83. The number of aliphatic hydroxyl groups excluding tert-OH is 1. The highest BCUT2D eigenvalue weighted by atomic mass is 16.3. The van der Waals surface area contributed by atoms with Crippen LogP contribution in [0.2, 0.25) is 0 Å². The van der Waals surface area contributed by atoms with Crippen LogP contribution >= 0.6 is 0 Å². The molecule has 1 aromatic carbocycles. The fourth-order valence-corrected chi connectivity index (χ4v) is 2.51. The molecule has 6 heteroatoms. The van der Waals surface area contributed by atoms with E-state index in [1.165, 1.54) is 5.56 Å². The van der Waals surface area contributed by atoms with Crippen LogP contribution in [0, 0.1) is 20.8 Å². The average Bonchev–Trinajstić information content (AvgIpc) is 2.92. The molecule has 0 aliphatic heterocycles. The van der Waals surface area contributed by atoms with Crippen molar-refractivity contribution in [3.05, 3.63) is 65.2 Å². The molecule has 0 spiro atoms. The maximum atomic E-state index is 10.3. The highest BCUT2D eigenvalue weighted by molar-refractivity contribution is 5.37. The van der Waals surface area contributed by atoms with Gasteiger partial charge in [0.05, 0.1) is 24.2 Å². The average molecular weight is 323 g/mol. The van der Waals surface area contributed by atoms with E-state index in [1.54, 1.807) is 17.1 Å². The number of benzene rings is 1. The first-order valence-corrected chi connectivity index (χ1v) is 7.87. The van der Waals surface area contributed by atoms with E-state index in [0.717, 1.165) is 17.0 Å². The molecule has 3 rings (SSSR count). The van der Waals surface area contributed by atoms with E-state index < -0.39 is 6.10 Å². The molecule has 3 aromatic rings. The summed E-state index contributed by atoms with van der Waals surface area (Å²) in [6.45, 7) is 6.30. The number of rotatable bonds is 5. The van der Waals surface area contributed by atoms with Crippen LogP contribution in [0.4, 0.5) is 5.82 Å². The molecule has 2 heterocycles. The van der Waals surface area contributed by atoms with Gasteiger partial charge in [-0.15, -0.1) is 0 Å². The Morgan fingerprint density at radius 1 is 1.12 bits per heavy atom. The van der Waals surface area contributed by atoms with Crippen molar-refractivity contribution < 1.29 is 5.11 Å². The molecule has 124 valence electrons. The lowest BCUT2D eigenvalue weighted by Crippen LogP contribution is -2.14. The standard InChI is InChI=1S/C18H21N5O/c1-12-4-6-15(7-5-12)16(24)9-20-17-10-19-11-18(21-17)23-14(3)8-13(2)22-23/h4-8,10-11,16,24H,9H2,1-3H3,(H,20,21). The third-order valence-electron chi connectivity index (χ3n) is 3.79. The quantitative estimate of drug-likeness (QED) is 0.755. The van der Waals surface area contributed by atoms with Gasteiger partial charge in [-0.25, -0.2) is 9.67 Å². The van der Waals surface area contributed by atoms with Crippen LogP contribution in [0.25, 0.3) is 5.82 Å². The second kappa shape index (κ2) is 6.80. The summed E-state index contributed by atoms with van der Waals surface area (Å²) < 4.78 is 1.75. The van der Waals surface area contributed by atoms with Crippen LogP contribution in [0.3, 0.4) is 0 Å². The maximum Gasteiger partial charge on any atom is 0.174 e. The van der Waals surface area contributed by atoms with Gasteiger partial charge >= 0.3 is 0 Å². The van der Waals surface area contributed by atoms with E-state index >= 15 is 0 Å². The van der Waals surface area contributed by atoms with Gasteiger partial charge in [0.15, 0.2) is 5.82 Å². The third-order valence-corrected chi connectivity index (χ3v) is 3.79. The number of anilines is 1. The number of hydrogen-bond acceptors (Lipinski definition) is 5. The van der Waals surface area contributed by atoms with Gasteiger partial charge in [0, 0.05) is 12.2 Å².